The van der Waals surface area contributed by atoms with Crippen molar-refractivity contribution in [3.63, 3.8) is 0 Å². The van der Waals surface area contributed by atoms with Gasteiger partial charge in [0.25, 0.3) is 0 Å². The second-order valence-corrected chi connectivity index (χ2v) is 3.38. The maximum Gasteiger partial charge on any atom is 0.188 e. The molecule has 0 aliphatic rings. The van der Waals surface area contributed by atoms with Crippen molar-refractivity contribution >= 4 is 16.6 Å². The largest absolute Gasteiger partial charge is 0.256 e. The summed E-state index contributed by atoms with van der Waals surface area (Å²) in [6.45, 7) is 11.0. The summed E-state index contributed by atoms with van der Waals surface area (Å²) in [5.74, 6) is 0. The van der Waals surface area contributed by atoms with Crippen molar-refractivity contribution in [3.8, 4) is 0 Å². The fourth-order valence-corrected chi connectivity index (χ4v) is 1.48. The van der Waals surface area contributed by atoms with Gasteiger partial charge in [0.2, 0.25) is 0 Å². The van der Waals surface area contributed by atoms with Gasteiger partial charge in [-0.1, -0.05) is 6.07 Å². The van der Waals surface area contributed by atoms with E-state index in [9.17, 15) is 0 Å². The summed E-state index contributed by atoms with van der Waals surface area (Å²) < 4.78 is 0. The van der Waals surface area contributed by atoms with E-state index in [0.29, 0.717) is 5.69 Å². The average molecular weight is 182 g/mol. The van der Waals surface area contributed by atoms with E-state index >= 15 is 0 Å². The fraction of sp³-hybridized carbons (Fsp3) is 0.167. The topological polar surface area (TPSA) is 17.2 Å². The third kappa shape index (κ3) is 1.23. The first-order valence-electron chi connectivity index (χ1n) is 4.46. The number of fused-ring (bicyclic) bond motifs is 1. The van der Waals surface area contributed by atoms with E-state index in [0.717, 1.165) is 10.9 Å². The summed E-state index contributed by atoms with van der Waals surface area (Å²) in [7, 11) is 0. The molecule has 1 aromatic heterocycles. The highest BCUT2D eigenvalue weighted by Crippen LogP contribution is 2.24. The van der Waals surface area contributed by atoms with Crippen molar-refractivity contribution < 1.29 is 0 Å². The Hall–Kier alpha value is -1.88. The number of hydrogen-bond acceptors (Lipinski definition) is 1. The predicted octanol–water partition coefficient (Wildman–Crippen LogP) is 3.40. The summed E-state index contributed by atoms with van der Waals surface area (Å²) in [6.07, 6.45) is 1.87. The number of benzene rings is 1. The lowest BCUT2D eigenvalue weighted by Gasteiger charge is -2.04. The maximum atomic E-state index is 6.95. The van der Waals surface area contributed by atoms with Crippen molar-refractivity contribution in [3.05, 3.63) is 46.9 Å². The van der Waals surface area contributed by atoms with E-state index in [1.54, 1.807) is 6.07 Å². The molecule has 0 radical (unpaired) electrons. The molecule has 0 fully saturated rings. The zero-order chi connectivity index (χ0) is 10.1. The van der Waals surface area contributed by atoms with E-state index in [4.69, 9.17) is 6.57 Å². The molecule has 0 amide bonds. The Kier molecular flexibility index (Phi) is 1.94. The van der Waals surface area contributed by atoms with Gasteiger partial charge in [0, 0.05) is 6.20 Å². The van der Waals surface area contributed by atoms with Gasteiger partial charge in [-0.05, 0) is 42.5 Å². The normalized spacial score (nSPS) is 10.1. The van der Waals surface area contributed by atoms with Crippen molar-refractivity contribution in [1.82, 2.24) is 4.98 Å². The molecule has 0 saturated heterocycles. The molecule has 2 aromatic rings. The van der Waals surface area contributed by atoms with Crippen LogP contribution in [0.2, 0.25) is 0 Å². The Morgan fingerprint density at radius 1 is 1.29 bits per heavy atom. The summed E-state index contributed by atoms with van der Waals surface area (Å²) in [6, 6.07) is 5.60. The minimum atomic E-state index is 0.674. The van der Waals surface area contributed by atoms with E-state index < -0.39 is 0 Å². The van der Waals surface area contributed by atoms with Crippen LogP contribution in [0.1, 0.15) is 11.1 Å². The third-order valence-electron chi connectivity index (χ3n) is 2.50. The molecule has 0 saturated carbocycles. The first kappa shape index (κ1) is 8.71. The maximum absolute atomic E-state index is 6.95. The SMILES string of the molecule is [C-]#[N+]c1ccc2ncc(C)c(C)c2c1. The third-order valence-corrected chi connectivity index (χ3v) is 2.50. The van der Waals surface area contributed by atoms with E-state index in [1.165, 1.54) is 11.1 Å². The van der Waals surface area contributed by atoms with Crippen LogP contribution in [0, 0.1) is 20.4 Å². The molecular formula is C12H10N2. The molecule has 0 aliphatic heterocycles. The average Bonchev–Trinajstić information content (AvgIpc) is 2.23. The van der Waals surface area contributed by atoms with E-state index in [2.05, 4.69) is 16.8 Å². The van der Waals surface area contributed by atoms with Gasteiger partial charge >= 0.3 is 0 Å². The molecule has 14 heavy (non-hydrogen) atoms. The minimum absolute atomic E-state index is 0.674. The van der Waals surface area contributed by atoms with E-state index in [-0.39, 0.29) is 0 Å². The zero-order valence-corrected chi connectivity index (χ0v) is 8.20. The first-order valence-corrected chi connectivity index (χ1v) is 4.46. The first-order chi connectivity index (χ1) is 6.72. The van der Waals surface area contributed by atoms with Crippen molar-refractivity contribution in [2.45, 2.75) is 13.8 Å². The Labute approximate surface area is 83.0 Å². The Balaban J connectivity index is 2.86. The fourth-order valence-electron chi connectivity index (χ4n) is 1.48. The van der Waals surface area contributed by atoms with Gasteiger partial charge in [-0.15, -0.1) is 0 Å². The standard InChI is InChI=1S/C12H10N2/c1-8-7-14-12-5-4-10(13-3)6-11(12)9(8)2/h4-7H,1-2H3. The Morgan fingerprint density at radius 3 is 2.79 bits per heavy atom. The molecule has 2 rings (SSSR count). The second kappa shape index (κ2) is 3.12. The molecule has 2 nitrogen and oxygen atoms in total. The van der Waals surface area contributed by atoms with Crippen LogP contribution in [0.4, 0.5) is 5.69 Å². The number of aromatic nitrogens is 1. The monoisotopic (exact) mass is 182 g/mol. The summed E-state index contributed by atoms with van der Waals surface area (Å²) >= 11 is 0. The van der Waals surface area contributed by atoms with Crippen LogP contribution in [0.25, 0.3) is 15.7 Å². The van der Waals surface area contributed by atoms with Gasteiger partial charge in [0.1, 0.15) is 0 Å². The van der Waals surface area contributed by atoms with Crippen LogP contribution in [-0.2, 0) is 0 Å². The van der Waals surface area contributed by atoms with Gasteiger partial charge < -0.3 is 0 Å². The van der Waals surface area contributed by atoms with Crippen molar-refractivity contribution in [2.75, 3.05) is 0 Å². The molecule has 0 N–H and O–H groups in total. The highest BCUT2D eigenvalue weighted by Gasteiger charge is 2.02. The van der Waals surface area contributed by atoms with Crippen LogP contribution < -0.4 is 0 Å². The van der Waals surface area contributed by atoms with Crippen LogP contribution in [0.5, 0.6) is 0 Å². The van der Waals surface area contributed by atoms with Crippen LogP contribution in [-0.4, -0.2) is 4.98 Å². The molecular weight excluding hydrogens is 172 g/mol. The lowest BCUT2D eigenvalue weighted by molar-refractivity contribution is 1.28. The molecule has 0 bridgehead atoms. The number of pyridine rings is 1. The van der Waals surface area contributed by atoms with Gasteiger partial charge in [-0.25, -0.2) is 4.85 Å². The van der Waals surface area contributed by atoms with Crippen LogP contribution in [0.3, 0.4) is 0 Å². The smallest absolute Gasteiger partial charge is 0.188 e. The molecule has 2 heteroatoms. The van der Waals surface area contributed by atoms with Crippen LogP contribution in [0.15, 0.2) is 24.4 Å². The minimum Gasteiger partial charge on any atom is -0.256 e. The Morgan fingerprint density at radius 2 is 2.07 bits per heavy atom. The highest BCUT2D eigenvalue weighted by atomic mass is 14.7. The number of hydrogen-bond donors (Lipinski definition) is 0. The predicted molar refractivity (Wildman–Crippen MR) is 57.5 cm³/mol. The lowest BCUT2D eigenvalue weighted by atomic mass is 10.1. The molecule has 0 spiro atoms. The summed E-state index contributed by atoms with van der Waals surface area (Å²) in [5.41, 5.74) is 4.01. The lowest BCUT2D eigenvalue weighted by Crippen LogP contribution is -1.86. The van der Waals surface area contributed by atoms with E-state index in [1.807, 2.05) is 25.3 Å². The van der Waals surface area contributed by atoms with Gasteiger partial charge in [-0.2, -0.15) is 0 Å². The number of nitrogens with zero attached hydrogens (tertiary/aromatic N) is 2. The molecule has 0 atom stereocenters. The molecule has 0 aliphatic carbocycles. The molecule has 1 aromatic carbocycles. The van der Waals surface area contributed by atoms with Crippen molar-refractivity contribution in [1.29, 1.82) is 0 Å². The molecule has 0 unspecified atom stereocenters. The van der Waals surface area contributed by atoms with Crippen LogP contribution >= 0.6 is 0 Å². The zero-order valence-electron chi connectivity index (χ0n) is 8.20. The van der Waals surface area contributed by atoms with Gasteiger partial charge in [0.15, 0.2) is 5.69 Å². The van der Waals surface area contributed by atoms with Gasteiger partial charge in [-0.3, -0.25) is 4.98 Å². The number of aryl methyl sites for hydroxylation is 2. The number of rotatable bonds is 0. The summed E-state index contributed by atoms with van der Waals surface area (Å²) in [4.78, 5) is 7.73. The quantitative estimate of drug-likeness (QED) is 0.571. The van der Waals surface area contributed by atoms with Gasteiger partial charge in [0.05, 0.1) is 12.1 Å². The summed E-state index contributed by atoms with van der Waals surface area (Å²) in [5, 5.41) is 1.08. The molecule has 68 valence electrons. The second-order valence-electron chi connectivity index (χ2n) is 3.38. The Bertz CT molecular complexity index is 536. The molecule has 1 heterocycles. The van der Waals surface area contributed by atoms with Crippen molar-refractivity contribution in [2.24, 2.45) is 0 Å². The highest BCUT2D eigenvalue weighted by molar-refractivity contribution is 5.86.